The topological polar surface area (TPSA) is 0 Å². The first-order valence-corrected chi connectivity index (χ1v) is 6.83. The largest absolute Gasteiger partial charge is 0.0879 e. The van der Waals surface area contributed by atoms with E-state index < -0.39 is 0 Å². The lowest BCUT2D eigenvalue weighted by Gasteiger charge is -2.15. The van der Waals surface area contributed by atoms with Gasteiger partial charge >= 0.3 is 0 Å². The van der Waals surface area contributed by atoms with Crippen molar-refractivity contribution in [3.63, 3.8) is 0 Å². The van der Waals surface area contributed by atoms with E-state index >= 15 is 0 Å². The van der Waals surface area contributed by atoms with Crippen molar-refractivity contribution < 1.29 is 0 Å². The summed E-state index contributed by atoms with van der Waals surface area (Å²) in [7, 11) is 0. The Kier molecular flexibility index (Phi) is 9.24. The van der Waals surface area contributed by atoms with Crippen LogP contribution in [0.3, 0.4) is 0 Å². The predicted molar refractivity (Wildman–Crippen MR) is 64.5 cm³/mol. The smallest absolute Gasteiger partial charge is 0.0271 e. The summed E-state index contributed by atoms with van der Waals surface area (Å²) >= 11 is 7.44. The number of hydrogen-bond acceptors (Lipinski definition) is 0. The van der Waals surface area contributed by atoms with Gasteiger partial charge in [-0.15, -0.1) is 0 Å². The lowest BCUT2D eigenvalue weighted by molar-refractivity contribution is 0.617. The molecule has 12 heavy (non-hydrogen) atoms. The summed E-state index contributed by atoms with van der Waals surface area (Å²) < 4.78 is 0. The van der Waals surface area contributed by atoms with Crippen LogP contribution < -0.4 is 0 Å². The second-order valence-corrected chi connectivity index (χ2v) is 5.67. The van der Waals surface area contributed by atoms with Crippen LogP contribution in [0.25, 0.3) is 0 Å². The third-order valence-electron chi connectivity index (χ3n) is 2.04. The van der Waals surface area contributed by atoms with Crippen molar-refractivity contribution in [2.45, 2.75) is 62.0 Å². The minimum Gasteiger partial charge on any atom is -0.0879 e. The molecule has 0 amide bonds. The van der Waals surface area contributed by atoms with Gasteiger partial charge in [0.2, 0.25) is 0 Å². The lowest BCUT2D eigenvalue weighted by atomic mass is 10.1. The lowest BCUT2D eigenvalue weighted by Crippen LogP contribution is -2.13. The molecule has 0 unspecified atom stereocenters. The molecule has 0 aromatic heterocycles. The fourth-order valence-corrected chi connectivity index (χ4v) is 2.54. The van der Waals surface area contributed by atoms with Crippen LogP contribution in [-0.2, 0) is 0 Å². The zero-order chi connectivity index (χ0) is 9.40. The molecule has 74 valence electrons. The number of halogens is 2. The standard InChI is InChI=1S/C10H20Br2/c1-3-5-6-8-10(12)9(11)7-4-2/h9-10H,3-8H2,1-2H3/t9-,10-/m0/s1. The summed E-state index contributed by atoms with van der Waals surface area (Å²) in [6.45, 7) is 4.49. The van der Waals surface area contributed by atoms with Crippen molar-refractivity contribution in [2.24, 2.45) is 0 Å². The fraction of sp³-hybridized carbons (Fsp3) is 1.00. The number of unbranched alkanes of at least 4 members (excludes halogenated alkanes) is 2. The highest BCUT2D eigenvalue weighted by molar-refractivity contribution is 9.12. The maximum atomic E-state index is 3.73. The van der Waals surface area contributed by atoms with E-state index in [0.717, 1.165) is 0 Å². The second-order valence-electron chi connectivity index (χ2n) is 3.32. The van der Waals surface area contributed by atoms with Gasteiger partial charge in [0.25, 0.3) is 0 Å². The van der Waals surface area contributed by atoms with Gasteiger partial charge in [-0.2, -0.15) is 0 Å². The van der Waals surface area contributed by atoms with Crippen molar-refractivity contribution in [1.82, 2.24) is 0 Å². The van der Waals surface area contributed by atoms with Crippen LogP contribution >= 0.6 is 31.9 Å². The van der Waals surface area contributed by atoms with Gasteiger partial charge in [-0.05, 0) is 12.8 Å². The average Bonchev–Trinajstić information content (AvgIpc) is 2.05. The zero-order valence-corrected chi connectivity index (χ0v) is 11.3. The summed E-state index contributed by atoms with van der Waals surface area (Å²) in [4.78, 5) is 1.34. The van der Waals surface area contributed by atoms with E-state index in [1.165, 1.54) is 38.5 Å². The van der Waals surface area contributed by atoms with Crippen LogP contribution in [0, 0.1) is 0 Å². The Labute approximate surface area is 93.8 Å². The Hall–Kier alpha value is 0.960. The van der Waals surface area contributed by atoms with Gasteiger partial charge < -0.3 is 0 Å². The molecule has 0 saturated carbocycles. The molecule has 2 heteroatoms. The van der Waals surface area contributed by atoms with Crippen molar-refractivity contribution in [3.8, 4) is 0 Å². The SMILES string of the molecule is CCCCC[C@H](Br)[C@@H](Br)CCC. The van der Waals surface area contributed by atoms with Crippen LogP contribution in [0.15, 0.2) is 0 Å². The molecule has 2 atom stereocenters. The van der Waals surface area contributed by atoms with Gasteiger partial charge in [0.15, 0.2) is 0 Å². The Morgan fingerprint density at radius 3 is 1.92 bits per heavy atom. The molecule has 0 aliphatic rings. The molecule has 0 bridgehead atoms. The molecule has 0 heterocycles. The first kappa shape index (κ1) is 13.0. The number of hydrogen-bond donors (Lipinski definition) is 0. The molecule has 0 radical (unpaired) electrons. The Balaban J connectivity index is 3.35. The average molecular weight is 300 g/mol. The van der Waals surface area contributed by atoms with E-state index in [1.807, 2.05) is 0 Å². The zero-order valence-electron chi connectivity index (χ0n) is 8.15. The molecule has 0 N–H and O–H groups in total. The van der Waals surface area contributed by atoms with E-state index in [2.05, 4.69) is 45.7 Å². The van der Waals surface area contributed by atoms with Gasteiger partial charge in [-0.3, -0.25) is 0 Å². The normalized spacial score (nSPS) is 16.0. The third-order valence-corrected chi connectivity index (χ3v) is 4.94. The quantitative estimate of drug-likeness (QED) is 0.463. The minimum atomic E-state index is 0.666. The maximum Gasteiger partial charge on any atom is 0.0271 e. The van der Waals surface area contributed by atoms with E-state index in [1.54, 1.807) is 0 Å². The molecule has 0 spiro atoms. The highest BCUT2D eigenvalue weighted by Gasteiger charge is 2.13. The number of rotatable bonds is 7. The molecule has 0 aliphatic heterocycles. The maximum absolute atomic E-state index is 3.73. The van der Waals surface area contributed by atoms with Crippen molar-refractivity contribution in [3.05, 3.63) is 0 Å². The molecule has 0 fully saturated rings. The highest BCUT2D eigenvalue weighted by atomic mass is 79.9. The van der Waals surface area contributed by atoms with E-state index in [0.29, 0.717) is 9.65 Å². The predicted octanol–water partition coefficient (Wildman–Crippen LogP) is 4.89. The van der Waals surface area contributed by atoms with Crippen molar-refractivity contribution >= 4 is 31.9 Å². The molecule has 0 aliphatic carbocycles. The minimum absolute atomic E-state index is 0.666. The fourth-order valence-electron chi connectivity index (χ4n) is 1.23. The Bertz CT molecular complexity index is 93.8. The Morgan fingerprint density at radius 1 is 0.833 bits per heavy atom. The van der Waals surface area contributed by atoms with Crippen LogP contribution in [0.1, 0.15) is 52.4 Å². The summed E-state index contributed by atoms with van der Waals surface area (Å²) in [6, 6.07) is 0. The molecule has 0 aromatic carbocycles. The van der Waals surface area contributed by atoms with E-state index in [9.17, 15) is 0 Å². The van der Waals surface area contributed by atoms with E-state index in [-0.39, 0.29) is 0 Å². The summed E-state index contributed by atoms with van der Waals surface area (Å²) in [5.74, 6) is 0. The summed E-state index contributed by atoms with van der Waals surface area (Å²) in [5.41, 5.74) is 0. The molecule has 0 aromatic rings. The molecule has 0 rings (SSSR count). The summed E-state index contributed by atoms with van der Waals surface area (Å²) in [5, 5.41) is 0. The van der Waals surface area contributed by atoms with Gasteiger partial charge in [0.1, 0.15) is 0 Å². The molecule has 0 nitrogen and oxygen atoms in total. The van der Waals surface area contributed by atoms with Crippen molar-refractivity contribution in [2.75, 3.05) is 0 Å². The third kappa shape index (κ3) is 6.47. The molecular formula is C10H20Br2. The first-order chi connectivity index (χ1) is 5.72. The van der Waals surface area contributed by atoms with Crippen LogP contribution in [0.5, 0.6) is 0 Å². The Morgan fingerprint density at radius 2 is 1.42 bits per heavy atom. The second kappa shape index (κ2) is 8.55. The van der Waals surface area contributed by atoms with Crippen LogP contribution in [0.2, 0.25) is 0 Å². The van der Waals surface area contributed by atoms with Gasteiger partial charge in [0, 0.05) is 9.65 Å². The number of alkyl halides is 2. The van der Waals surface area contributed by atoms with Gasteiger partial charge in [-0.25, -0.2) is 0 Å². The van der Waals surface area contributed by atoms with Gasteiger partial charge in [-0.1, -0.05) is 71.4 Å². The molecule has 0 saturated heterocycles. The monoisotopic (exact) mass is 298 g/mol. The van der Waals surface area contributed by atoms with Crippen LogP contribution in [0.4, 0.5) is 0 Å². The van der Waals surface area contributed by atoms with E-state index in [4.69, 9.17) is 0 Å². The van der Waals surface area contributed by atoms with Crippen molar-refractivity contribution in [1.29, 1.82) is 0 Å². The molecular weight excluding hydrogens is 280 g/mol. The van der Waals surface area contributed by atoms with Crippen LogP contribution in [-0.4, -0.2) is 9.65 Å². The first-order valence-electron chi connectivity index (χ1n) is 5.00. The highest BCUT2D eigenvalue weighted by Crippen LogP contribution is 2.23. The summed E-state index contributed by atoms with van der Waals surface area (Å²) in [6.07, 6.45) is 7.91. The van der Waals surface area contributed by atoms with Gasteiger partial charge in [0.05, 0.1) is 0 Å².